The summed E-state index contributed by atoms with van der Waals surface area (Å²) in [5.74, 6) is 2.03. The summed E-state index contributed by atoms with van der Waals surface area (Å²) in [6.07, 6.45) is 4.10. The second kappa shape index (κ2) is 17.8. The zero-order valence-electron chi connectivity index (χ0n) is 39.4. The molecule has 0 bridgehead atoms. The predicted molar refractivity (Wildman–Crippen MR) is 274 cm³/mol. The van der Waals surface area contributed by atoms with Gasteiger partial charge in [0.1, 0.15) is 5.82 Å². The molecule has 1 aliphatic heterocycles. The van der Waals surface area contributed by atoms with E-state index in [4.69, 9.17) is 9.72 Å². The minimum atomic E-state index is -0.204. The molecule has 67 heavy (non-hydrogen) atoms. The number of hydrogen-bond acceptors (Lipinski definition) is 4. The van der Waals surface area contributed by atoms with E-state index in [0.29, 0.717) is 11.5 Å². The van der Waals surface area contributed by atoms with Crippen LogP contribution in [0.5, 0.6) is 11.5 Å². The van der Waals surface area contributed by atoms with E-state index in [0.717, 1.165) is 50.3 Å². The van der Waals surface area contributed by atoms with Gasteiger partial charge in [-0.1, -0.05) is 170 Å². The van der Waals surface area contributed by atoms with E-state index in [1.165, 1.54) is 33.4 Å². The average Bonchev–Trinajstić information content (AvgIpc) is 3.92. The van der Waals surface area contributed by atoms with Crippen LogP contribution in [0.1, 0.15) is 83.2 Å². The molecule has 0 saturated heterocycles. The number of anilines is 2. The molecule has 7 aromatic carbocycles. The van der Waals surface area contributed by atoms with Gasteiger partial charge in [-0.15, -0.1) is 48.1 Å². The summed E-state index contributed by atoms with van der Waals surface area (Å²) in [4.78, 5) is 9.37. The van der Waals surface area contributed by atoms with E-state index < -0.39 is 0 Å². The molecule has 5 nitrogen and oxygen atoms in total. The number of nitrogens with zero attached hydrogens (tertiary/aromatic N) is 4. The maximum absolute atomic E-state index is 6.71. The topological polar surface area (TPSA) is 33.5 Å². The fraction of sp³-hybridized carbons (Fsp3) is 0.180. The van der Waals surface area contributed by atoms with Gasteiger partial charge < -0.3 is 19.1 Å². The summed E-state index contributed by atoms with van der Waals surface area (Å²) in [6, 6.07) is 67.5. The normalized spacial score (nSPS) is 13.2. The molecule has 0 fully saturated rings. The second-order valence-corrected chi connectivity index (χ2v) is 20.0. The molecule has 3 heterocycles. The average molecular weight is 1060 g/mol. The van der Waals surface area contributed by atoms with Crippen molar-refractivity contribution in [3.63, 3.8) is 0 Å². The minimum absolute atomic E-state index is 0. The van der Waals surface area contributed by atoms with Crippen molar-refractivity contribution in [3.05, 3.63) is 229 Å². The van der Waals surface area contributed by atoms with Crippen LogP contribution in [0.2, 0.25) is 0 Å². The molecule has 10 rings (SSSR count). The molecule has 1 aliphatic rings. The molecule has 0 spiro atoms. The molecule has 2 aromatic heterocycles. The van der Waals surface area contributed by atoms with Gasteiger partial charge in [0.05, 0.1) is 0 Å². The van der Waals surface area contributed by atoms with Crippen molar-refractivity contribution in [1.29, 1.82) is 0 Å². The van der Waals surface area contributed by atoms with E-state index in [1.807, 2.05) is 24.4 Å². The number of ether oxygens (including phenoxy) is 1. The number of pyridine rings is 1. The Balaban J connectivity index is 0.00000562. The third kappa shape index (κ3) is 8.98. The number of fused-ring (bicyclic) bond motifs is 3. The zero-order chi connectivity index (χ0) is 45.8. The molecule has 0 saturated carbocycles. The van der Waals surface area contributed by atoms with Crippen LogP contribution >= 0.6 is 0 Å². The first-order chi connectivity index (χ1) is 31.7. The molecular weight excluding hydrogens is 1000 g/mol. The van der Waals surface area contributed by atoms with Crippen molar-refractivity contribution in [3.8, 4) is 28.4 Å². The van der Waals surface area contributed by atoms with Gasteiger partial charge in [0.25, 0.3) is 0 Å². The van der Waals surface area contributed by atoms with Gasteiger partial charge in [0.15, 0.2) is 0 Å². The molecule has 0 N–H and O–H groups in total. The SMILES string of the molecule is CC(C)(C)c1cc(-c2ccccc2)cc(N2[CH-]N(c3[c-]c(Oc4[c-]c5c(cc4)c4cc(C(C)(C)c6ccccc6)ccc4n5-c4cc(C(C)(C)C)ccn4)ccc3)C=C2c2ccccc2)c1.[Pt]. The molecule has 0 unspecified atom stereocenters. The molecule has 338 valence electrons. The maximum Gasteiger partial charge on any atom is 0.135 e. The van der Waals surface area contributed by atoms with Crippen LogP contribution in [0.25, 0.3) is 44.4 Å². The summed E-state index contributed by atoms with van der Waals surface area (Å²) in [5.41, 5.74) is 13.1. The predicted octanol–water partition coefficient (Wildman–Crippen LogP) is 15.6. The third-order valence-corrected chi connectivity index (χ3v) is 13.0. The zero-order valence-corrected chi connectivity index (χ0v) is 41.7. The van der Waals surface area contributed by atoms with E-state index in [2.05, 4.69) is 246 Å². The van der Waals surface area contributed by atoms with Crippen LogP contribution in [0.3, 0.4) is 0 Å². The Morgan fingerprint density at radius 2 is 1.19 bits per heavy atom. The Kier molecular flexibility index (Phi) is 12.1. The summed E-state index contributed by atoms with van der Waals surface area (Å²) in [5, 5.41) is 2.23. The quantitative estimate of drug-likeness (QED) is 0.135. The summed E-state index contributed by atoms with van der Waals surface area (Å²) in [7, 11) is 0. The van der Waals surface area contributed by atoms with Crippen LogP contribution in [-0.4, -0.2) is 9.55 Å². The number of hydrogen-bond donors (Lipinski definition) is 0. The summed E-state index contributed by atoms with van der Waals surface area (Å²) < 4.78 is 8.94. The number of rotatable bonds is 9. The van der Waals surface area contributed by atoms with Gasteiger partial charge in [-0.05, 0) is 91.7 Å². The fourth-order valence-corrected chi connectivity index (χ4v) is 8.96. The van der Waals surface area contributed by atoms with E-state index in [-0.39, 0.29) is 37.3 Å². The molecular formula is C61H55N4OPt-3. The molecule has 0 radical (unpaired) electrons. The first-order valence-corrected chi connectivity index (χ1v) is 22.9. The monoisotopic (exact) mass is 1050 g/mol. The molecule has 0 aliphatic carbocycles. The van der Waals surface area contributed by atoms with Gasteiger partial charge in [0, 0.05) is 61.1 Å². The van der Waals surface area contributed by atoms with Crippen molar-refractivity contribution in [2.24, 2.45) is 0 Å². The molecule has 0 amide bonds. The van der Waals surface area contributed by atoms with Gasteiger partial charge in [-0.3, -0.25) is 0 Å². The maximum atomic E-state index is 6.71. The molecule has 6 heteroatoms. The standard InChI is InChI=1S/C61H55N4O.Pt/c1-59(2,3)46-31-32-62-58(37-46)65-55-30-27-47(61(7,8)45-23-16-11-17-24-45)36-54(55)53-29-28-52(39-56(53)65)66-51-26-18-25-49(38-51)63-40-57(43-21-14-10-15-22-43)64(41-63)50-34-44(42-19-12-9-13-20-42)33-48(35-50)60(4,5)6;/h9-37,40-41H,1-8H3;/q-3;. The first kappa shape index (κ1) is 45.5. The number of aromatic nitrogens is 2. The van der Waals surface area contributed by atoms with E-state index in [9.17, 15) is 0 Å². The fourth-order valence-electron chi connectivity index (χ4n) is 8.96. The smallest absolute Gasteiger partial charge is 0.135 e. The van der Waals surface area contributed by atoms with Crippen molar-refractivity contribution >= 4 is 38.9 Å². The van der Waals surface area contributed by atoms with Crippen molar-refractivity contribution in [2.75, 3.05) is 9.80 Å². The van der Waals surface area contributed by atoms with Gasteiger partial charge in [-0.25, -0.2) is 4.98 Å². The second-order valence-electron chi connectivity index (χ2n) is 20.0. The summed E-state index contributed by atoms with van der Waals surface area (Å²) in [6.45, 7) is 20.3. The van der Waals surface area contributed by atoms with Crippen LogP contribution in [0.4, 0.5) is 11.4 Å². The number of benzene rings is 7. The van der Waals surface area contributed by atoms with Crippen LogP contribution in [-0.2, 0) is 37.3 Å². The van der Waals surface area contributed by atoms with Gasteiger partial charge in [0.2, 0.25) is 0 Å². The Labute approximate surface area is 410 Å². The Morgan fingerprint density at radius 1 is 0.522 bits per heavy atom. The van der Waals surface area contributed by atoms with E-state index >= 15 is 0 Å². The van der Waals surface area contributed by atoms with Gasteiger partial charge >= 0.3 is 0 Å². The minimum Gasteiger partial charge on any atom is -0.509 e. The van der Waals surface area contributed by atoms with Crippen molar-refractivity contribution < 1.29 is 25.8 Å². The largest absolute Gasteiger partial charge is 0.509 e. The van der Waals surface area contributed by atoms with Crippen molar-refractivity contribution in [1.82, 2.24) is 9.55 Å². The van der Waals surface area contributed by atoms with Crippen LogP contribution in [0.15, 0.2) is 182 Å². The third-order valence-electron chi connectivity index (χ3n) is 13.0. The molecule has 0 atom stereocenters. The van der Waals surface area contributed by atoms with Crippen LogP contribution in [0, 0.1) is 18.8 Å². The van der Waals surface area contributed by atoms with Gasteiger partial charge in [-0.2, -0.15) is 12.1 Å². The van der Waals surface area contributed by atoms with Crippen molar-refractivity contribution in [2.45, 2.75) is 71.6 Å². The summed E-state index contributed by atoms with van der Waals surface area (Å²) >= 11 is 0. The first-order valence-electron chi connectivity index (χ1n) is 22.9. The Hall–Kier alpha value is -6.68. The Bertz CT molecular complexity index is 3250. The van der Waals surface area contributed by atoms with E-state index in [1.54, 1.807) is 0 Å². The van der Waals surface area contributed by atoms with Crippen LogP contribution < -0.4 is 14.5 Å². The molecule has 9 aromatic rings. The Morgan fingerprint density at radius 3 is 1.90 bits per heavy atom.